The molecule has 0 unspecified atom stereocenters. The Balaban J connectivity index is 1.98. The van der Waals surface area contributed by atoms with Crippen molar-refractivity contribution >= 4 is 5.91 Å². The summed E-state index contributed by atoms with van der Waals surface area (Å²) >= 11 is 0. The summed E-state index contributed by atoms with van der Waals surface area (Å²) in [6.07, 6.45) is 4.76. The van der Waals surface area contributed by atoms with Crippen LogP contribution in [0, 0.1) is 5.41 Å². The standard InChI is InChI=1S/C11H17NO2/c1-2-10(13)12-6-3-11(9-12)4-7-14-8-5-11/h2H,1,3-9H2. The van der Waals surface area contributed by atoms with Gasteiger partial charge in [0.15, 0.2) is 0 Å². The summed E-state index contributed by atoms with van der Waals surface area (Å²) < 4.78 is 5.35. The van der Waals surface area contributed by atoms with Crippen molar-refractivity contribution in [3.8, 4) is 0 Å². The molecule has 2 saturated heterocycles. The Bertz CT molecular complexity index is 244. The van der Waals surface area contributed by atoms with Gasteiger partial charge in [0.1, 0.15) is 0 Å². The zero-order valence-corrected chi connectivity index (χ0v) is 8.50. The highest BCUT2D eigenvalue weighted by molar-refractivity contribution is 5.87. The van der Waals surface area contributed by atoms with Crippen molar-refractivity contribution < 1.29 is 9.53 Å². The van der Waals surface area contributed by atoms with Gasteiger partial charge in [-0.15, -0.1) is 0 Å². The minimum absolute atomic E-state index is 0.0772. The molecule has 14 heavy (non-hydrogen) atoms. The monoisotopic (exact) mass is 195 g/mol. The molecule has 2 fully saturated rings. The summed E-state index contributed by atoms with van der Waals surface area (Å²) in [5, 5.41) is 0. The van der Waals surface area contributed by atoms with Gasteiger partial charge in [-0.05, 0) is 30.8 Å². The van der Waals surface area contributed by atoms with Crippen LogP contribution in [0.3, 0.4) is 0 Å². The lowest BCUT2D eigenvalue weighted by molar-refractivity contribution is -0.125. The highest BCUT2D eigenvalue weighted by atomic mass is 16.5. The molecule has 2 heterocycles. The van der Waals surface area contributed by atoms with Crippen LogP contribution in [0.4, 0.5) is 0 Å². The lowest BCUT2D eigenvalue weighted by Crippen LogP contribution is -2.34. The molecule has 0 aromatic rings. The second-order valence-corrected chi connectivity index (χ2v) is 4.33. The molecule has 0 bridgehead atoms. The van der Waals surface area contributed by atoms with Crippen LogP contribution in [-0.2, 0) is 9.53 Å². The van der Waals surface area contributed by atoms with Gasteiger partial charge in [-0.25, -0.2) is 0 Å². The van der Waals surface area contributed by atoms with Crippen molar-refractivity contribution in [2.45, 2.75) is 19.3 Å². The molecule has 0 aromatic heterocycles. The maximum absolute atomic E-state index is 11.4. The van der Waals surface area contributed by atoms with Crippen molar-refractivity contribution in [2.24, 2.45) is 5.41 Å². The summed E-state index contributed by atoms with van der Waals surface area (Å²) in [5.41, 5.74) is 0.358. The summed E-state index contributed by atoms with van der Waals surface area (Å²) in [6, 6.07) is 0. The first-order valence-electron chi connectivity index (χ1n) is 5.25. The van der Waals surface area contributed by atoms with Gasteiger partial charge in [0.25, 0.3) is 0 Å². The molecule has 1 spiro atoms. The SMILES string of the molecule is C=CC(=O)N1CCC2(CCOCC2)C1. The highest BCUT2D eigenvalue weighted by Gasteiger charge is 2.40. The third-order valence-corrected chi connectivity index (χ3v) is 3.48. The Hall–Kier alpha value is -0.830. The minimum Gasteiger partial charge on any atom is -0.381 e. The molecule has 3 nitrogen and oxygen atoms in total. The van der Waals surface area contributed by atoms with Gasteiger partial charge in [-0.3, -0.25) is 4.79 Å². The summed E-state index contributed by atoms with van der Waals surface area (Å²) in [5.74, 6) is 0.0772. The second-order valence-electron chi connectivity index (χ2n) is 4.33. The molecule has 78 valence electrons. The summed E-state index contributed by atoms with van der Waals surface area (Å²) in [7, 11) is 0. The topological polar surface area (TPSA) is 29.5 Å². The number of amides is 1. The fourth-order valence-corrected chi connectivity index (χ4v) is 2.46. The number of rotatable bonds is 1. The van der Waals surface area contributed by atoms with Crippen LogP contribution in [0.1, 0.15) is 19.3 Å². The highest BCUT2D eigenvalue weighted by Crippen LogP contribution is 2.39. The van der Waals surface area contributed by atoms with E-state index in [0.717, 1.165) is 45.6 Å². The molecule has 1 amide bonds. The Morgan fingerprint density at radius 3 is 2.71 bits per heavy atom. The number of carbonyl (C=O) groups is 1. The number of carbonyl (C=O) groups excluding carboxylic acids is 1. The lowest BCUT2D eigenvalue weighted by Gasteiger charge is -2.32. The van der Waals surface area contributed by atoms with E-state index in [2.05, 4.69) is 6.58 Å². The third kappa shape index (κ3) is 1.69. The fourth-order valence-electron chi connectivity index (χ4n) is 2.46. The zero-order chi connectivity index (χ0) is 10.0. The van der Waals surface area contributed by atoms with Gasteiger partial charge in [-0.1, -0.05) is 6.58 Å². The van der Waals surface area contributed by atoms with Crippen molar-refractivity contribution in [1.82, 2.24) is 4.90 Å². The number of nitrogens with zero attached hydrogens (tertiary/aromatic N) is 1. The first-order chi connectivity index (χ1) is 6.76. The van der Waals surface area contributed by atoms with Crippen LogP contribution in [0.5, 0.6) is 0 Å². The molecule has 0 aromatic carbocycles. The van der Waals surface area contributed by atoms with Crippen LogP contribution in [0.2, 0.25) is 0 Å². The molecule has 0 N–H and O–H groups in total. The fraction of sp³-hybridized carbons (Fsp3) is 0.727. The molecular formula is C11H17NO2. The average Bonchev–Trinajstić information content (AvgIpc) is 2.62. The molecule has 2 rings (SSSR count). The Kier molecular flexibility index (Phi) is 2.59. The minimum atomic E-state index is 0.0772. The largest absolute Gasteiger partial charge is 0.381 e. The van der Waals surface area contributed by atoms with Crippen LogP contribution in [0.25, 0.3) is 0 Å². The number of ether oxygens (including phenoxy) is 1. The van der Waals surface area contributed by atoms with Crippen LogP contribution in [0.15, 0.2) is 12.7 Å². The average molecular weight is 195 g/mol. The normalized spacial score (nSPS) is 25.3. The van der Waals surface area contributed by atoms with Gasteiger partial charge in [-0.2, -0.15) is 0 Å². The zero-order valence-electron chi connectivity index (χ0n) is 8.50. The van der Waals surface area contributed by atoms with Crippen LogP contribution < -0.4 is 0 Å². The Morgan fingerprint density at radius 2 is 2.07 bits per heavy atom. The van der Waals surface area contributed by atoms with E-state index in [1.807, 2.05) is 4.90 Å². The van der Waals surface area contributed by atoms with Gasteiger partial charge in [0.2, 0.25) is 5.91 Å². The first-order valence-corrected chi connectivity index (χ1v) is 5.25. The second kappa shape index (κ2) is 3.73. The van der Waals surface area contributed by atoms with E-state index in [0.29, 0.717) is 5.41 Å². The maximum Gasteiger partial charge on any atom is 0.245 e. The Labute approximate surface area is 84.7 Å². The van der Waals surface area contributed by atoms with Crippen molar-refractivity contribution in [3.05, 3.63) is 12.7 Å². The van der Waals surface area contributed by atoms with Gasteiger partial charge in [0.05, 0.1) is 0 Å². The Morgan fingerprint density at radius 1 is 1.36 bits per heavy atom. The maximum atomic E-state index is 11.4. The van der Waals surface area contributed by atoms with E-state index in [1.54, 1.807) is 0 Å². The summed E-state index contributed by atoms with van der Waals surface area (Å²) in [6.45, 7) is 7.04. The van der Waals surface area contributed by atoms with E-state index in [9.17, 15) is 4.79 Å². The van der Waals surface area contributed by atoms with Gasteiger partial charge >= 0.3 is 0 Å². The number of likely N-dealkylation sites (tertiary alicyclic amines) is 1. The molecule has 0 atom stereocenters. The lowest BCUT2D eigenvalue weighted by atomic mass is 9.80. The smallest absolute Gasteiger partial charge is 0.245 e. The van der Waals surface area contributed by atoms with Crippen molar-refractivity contribution in [2.75, 3.05) is 26.3 Å². The molecule has 3 heteroatoms. The van der Waals surface area contributed by atoms with Crippen molar-refractivity contribution in [3.63, 3.8) is 0 Å². The van der Waals surface area contributed by atoms with Gasteiger partial charge in [0, 0.05) is 26.3 Å². The molecule has 2 aliphatic heterocycles. The number of hydrogen-bond acceptors (Lipinski definition) is 2. The quantitative estimate of drug-likeness (QED) is 0.588. The van der Waals surface area contributed by atoms with Crippen LogP contribution in [-0.4, -0.2) is 37.1 Å². The van der Waals surface area contributed by atoms with Crippen LogP contribution >= 0.6 is 0 Å². The van der Waals surface area contributed by atoms with Gasteiger partial charge < -0.3 is 9.64 Å². The molecule has 0 saturated carbocycles. The van der Waals surface area contributed by atoms with E-state index < -0.39 is 0 Å². The van der Waals surface area contributed by atoms with E-state index in [1.165, 1.54) is 6.08 Å². The molecular weight excluding hydrogens is 178 g/mol. The molecule has 0 aliphatic carbocycles. The third-order valence-electron chi connectivity index (χ3n) is 3.48. The van der Waals surface area contributed by atoms with Crippen molar-refractivity contribution in [1.29, 1.82) is 0 Å². The van der Waals surface area contributed by atoms with E-state index in [4.69, 9.17) is 4.74 Å². The molecule has 0 radical (unpaired) electrons. The van der Waals surface area contributed by atoms with E-state index in [-0.39, 0.29) is 5.91 Å². The predicted octanol–water partition coefficient (Wildman–Crippen LogP) is 1.20. The predicted molar refractivity (Wildman–Crippen MR) is 53.9 cm³/mol. The number of hydrogen-bond donors (Lipinski definition) is 0. The molecule has 2 aliphatic rings. The van der Waals surface area contributed by atoms with E-state index >= 15 is 0 Å². The first kappa shape index (κ1) is 9.71. The summed E-state index contributed by atoms with van der Waals surface area (Å²) in [4.78, 5) is 13.3.